The monoisotopic (exact) mass is 396 g/mol. The Hall–Kier alpha value is -2.51. The Morgan fingerprint density at radius 3 is 2.93 bits per heavy atom. The summed E-state index contributed by atoms with van der Waals surface area (Å²) in [6, 6.07) is 7.96. The molecule has 7 heteroatoms. The second-order valence-corrected chi connectivity index (χ2v) is 8.42. The van der Waals surface area contributed by atoms with Crippen molar-refractivity contribution in [1.29, 1.82) is 0 Å². The third-order valence-corrected chi connectivity index (χ3v) is 6.73. The maximum atomic E-state index is 15.2. The lowest BCUT2D eigenvalue weighted by atomic mass is 9.91. The number of pyridine rings is 1. The summed E-state index contributed by atoms with van der Waals surface area (Å²) < 4.78 is 16.3. The van der Waals surface area contributed by atoms with Crippen LogP contribution in [0.3, 0.4) is 0 Å². The van der Waals surface area contributed by atoms with Crippen molar-refractivity contribution in [2.75, 3.05) is 5.32 Å². The van der Waals surface area contributed by atoms with Crippen molar-refractivity contribution in [1.82, 2.24) is 10.3 Å². The number of thiophene rings is 1. The van der Waals surface area contributed by atoms with E-state index >= 15 is 4.39 Å². The lowest BCUT2D eigenvalue weighted by Crippen LogP contribution is -2.43. The number of carbonyl (C=O) groups is 1. The molecule has 3 aromatic rings. The number of benzene rings is 1. The summed E-state index contributed by atoms with van der Waals surface area (Å²) in [7, 11) is 0. The number of nitrogens with zero attached hydrogens (tertiary/aromatic N) is 1. The summed E-state index contributed by atoms with van der Waals surface area (Å²) in [6.45, 7) is 0.184. The van der Waals surface area contributed by atoms with Crippen LogP contribution in [0.5, 0.6) is 0 Å². The van der Waals surface area contributed by atoms with Crippen LogP contribution in [-0.4, -0.2) is 23.0 Å². The van der Waals surface area contributed by atoms with E-state index in [0.717, 1.165) is 41.3 Å². The van der Waals surface area contributed by atoms with E-state index in [0.29, 0.717) is 16.8 Å². The van der Waals surface area contributed by atoms with Gasteiger partial charge in [-0.05, 0) is 18.9 Å². The lowest BCUT2D eigenvalue weighted by Gasteiger charge is -2.30. The first kappa shape index (κ1) is 17.6. The number of carbonyl (C=O) groups excluding carboxylic acids is 1. The van der Waals surface area contributed by atoms with Gasteiger partial charge in [0.05, 0.1) is 11.3 Å². The molecule has 1 fully saturated rings. The summed E-state index contributed by atoms with van der Waals surface area (Å²) in [4.78, 5) is 17.1. The second kappa shape index (κ2) is 6.83. The molecule has 5 rings (SSSR count). The summed E-state index contributed by atoms with van der Waals surface area (Å²) in [5, 5.41) is 9.01. The summed E-state index contributed by atoms with van der Waals surface area (Å²) in [6.07, 6.45) is 3.99. The lowest BCUT2D eigenvalue weighted by molar-refractivity contribution is 0.0966. The third kappa shape index (κ3) is 2.77. The van der Waals surface area contributed by atoms with Gasteiger partial charge < -0.3 is 16.4 Å². The first-order chi connectivity index (χ1) is 13.6. The van der Waals surface area contributed by atoms with Crippen molar-refractivity contribution in [2.45, 2.75) is 44.3 Å². The first-order valence-electron chi connectivity index (χ1n) is 9.63. The topological polar surface area (TPSA) is 80.0 Å². The van der Waals surface area contributed by atoms with E-state index in [1.54, 1.807) is 11.3 Å². The van der Waals surface area contributed by atoms with E-state index < -0.39 is 5.82 Å². The maximum Gasteiger partial charge on any atom is 0.254 e. The van der Waals surface area contributed by atoms with Crippen LogP contribution < -0.4 is 16.4 Å². The average Bonchev–Trinajstić information content (AvgIpc) is 3.30. The van der Waals surface area contributed by atoms with Gasteiger partial charge in [-0.2, -0.15) is 0 Å². The number of rotatable bonds is 3. The molecule has 0 radical (unpaired) electrons. The Labute approximate surface area is 166 Å². The number of nitrogens with one attached hydrogen (secondary N) is 2. The van der Waals surface area contributed by atoms with E-state index in [9.17, 15) is 4.79 Å². The number of nitrogens with two attached hydrogens (primary N) is 1. The van der Waals surface area contributed by atoms with Gasteiger partial charge in [-0.3, -0.25) is 4.79 Å². The Morgan fingerprint density at radius 2 is 2.07 bits per heavy atom. The molecule has 1 amide bonds. The fourth-order valence-electron chi connectivity index (χ4n) is 4.25. The zero-order chi connectivity index (χ0) is 19.3. The molecule has 4 N–H and O–H groups in total. The predicted molar refractivity (Wildman–Crippen MR) is 110 cm³/mol. The van der Waals surface area contributed by atoms with Crippen LogP contribution in [0.4, 0.5) is 10.2 Å². The molecule has 1 aromatic carbocycles. The molecular weight excluding hydrogens is 375 g/mol. The normalized spacial score (nSPS) is 21.6. The van der Waals surface area contributed by atoms with Gasteiger partial charge in [0, 0.05) is 45.2 Å². The van der Waals surface area contributed by atoms with Gasteiger partial charge in [0.25, 0.3) is 5.91 Å². The summed E-state index contributed by atoms with van der Waals surface area (Å²) in [5.74, 6) is -0.523. The molecule has 0 spiro atoms. The number of amides is 1. The zero-order valence-corrected chi connectivity index (χ0v) is 16.1. The van der Waals surface area contributed by atoms with Gasteiger partial charge in [0.15, 0.2) is 11.6 Å². The Balaban J connectivity index is 1.66. The van der Waals surface area contributed by atoms with Crippen LogP contribution in [0.15, 0.2) is 29.6 Å². The van der Waals surface area contributed by atoms with Gasteiger partial charge in [-0.25, -0.2) is 9.37 Å². The van der Waals surface area contributed by atoms with Crippen molar-refractivity contribution in [3.05, 3.63) is 46.6 Å². The molecule has 2 unspecified atom stereocenters. The molecule has 1 saturated carbocycles. The minimum absolute atomic E-state index is 0.00840. The van der Waals surface area contributed by atoms with Crippen LogP contribution in [0, 0.1) is 5.82 Å². The highest BCUT2D eigenvalue weighted by atomic mass is 32.1. The molecule has 28 heavy (non-hydrogen) atoms. The molecule has 2 atom stereocenters. The number of anilines is 1. The molecule has 0 saturated heterocycles. The fourth-order valence-corrected chi connectivity index (χ4v) is 5.19. The van der Waals surface area contributed by atoms with Gasteiger partial charge in [0.1, 0.15) is 0 Å². The molecular formula is C21H21FN4OS. The molecule has 5 nitrogen and oxygen atoms in total. The molecule has 2 aromatic heterocycles. The fraction of sp³-hybridized carbons (Fsp3) is 0.333. The standard InChI is InChI=1S/C21H21FN4OS/c22-18-12-9-24-21(27)17(12)19(13-10-28-16-8-4-1-5-11(13)16)26-20(18)25-15-7-3-2-6-14(15)23/h1,4-5,8,10,14-15H,2-3,6-7,9,23H2,(H,24,27)(H,25,26). The molecule has 3 heterocycles. The second-order valence-electron chi connectivity index (χ2n) is 7.50. The minimum Gasteiger partial charge on any atom is -0.363 e. The molecule has 144 valence electrons. The van der Waals surface area contributed by atoms with E-state index in [1.165, 1.54) is 0 Å². The van der Waals surface area contributed by atoms with Crippen molar-refractivity contribution in [2.24, 2.45) is 5.73 Å². The van der Waals surface area contributed by atoms with E-state index in [1.807, 2.05) is 29.6 Å². The molecule has 1 aliphatic carbocycles. The maximum absolute atomic E-state index is 15.2. The average molecular weight is 396 g/mol. The molecule has 0 bridgehead atoms. The van der Waals surface area contributed by atoms with E-state index in [2.05, 4.69) is 15.6 Å². The Morgan fingerprint density at radius 1 is 1.25 bits per heavy atom. The van der Waals surface area contributed by atoms with Gasteiger partial charge in [0.2, 0.25) is 0 Å². The highest BCUT2D eigenvalue weighted by Crippen LogP contribution is 2.39. The Bertz CT molecular complexity index is 1080. The number of hydrogen-bond donors (Lipinski definition) is 3. The minimum atomic E-state index is -0.450. The van der Waals surface area contributed by atoms with Crippen LogP contribution in [0.1, 0.15) is 41.6 Å². The van der Waals surface area contributed by atoms with Crippen molar-refractivity contribution in [3.8, 4) is 11.3 Å². The number of halogens is 1. The smallest absolute Gasteiger partial charge is 0.254 e. The summed E-state index contributed by atoms with van der Waals surface area (Å²) >= 11 is 1.60. The van der Waals surface area contributed by atoms with Gasteiger partial charge in [-0.1, -0.05) is 31.0 Å². The van der Waals surface area contributed by atoms with Gasteiger partial charge >= 0.3 is 0 Å². The quantitative estimate of drug-likeness (QED) is 0.625. The van der Waals surface area contributed by atoms with Crippen LogP contribution in [0.2, 0.25) is 0 Å². The van der Waals surface area contributed by atoms with Crippen molar-refractivity contribution in [3.63, 3.8) is 0 Å². The SMILES string of the molecule is NC1CCCCC1Nc1nc(-c2csc3ccccc23)c2c(c1F)CNC2=O. The zero-order valence-electron chi connectivity index (χ0n) is 15.3. The van der Waals surface area contributed by atoms with Crippen molar-refractivity contribution < 1.29 is 9.18 Å². The van der Waals surface area contributed by atoms with Crippen molar-refractivity contribution >= 4 is 33.1 Å². The first-order valence-corrected chi connectivity index (χ1v) is 10.5. The number of hydrogen-bond acceptors (Lipinski definition) is 5. The predicted octanol–water partition coefficient (Wildman–Crippen LogP) is 4.03. The summed E-state index contributed by atoms with van der Waals surface area (Å²) in [5.41, 5.74) is 8.38. The van der Waals surface area contributed by atoms with E-state index in [-0.39, 0.29) is 30.4 Å². The number of fused-ring (bicyclic) bond motifs is 2. The van der Waals surface area contributed by atoms with Crippen LogP contribution >= 0.6 is 11.3 Å². The largest absolute Gasteiger partial charge is 0.363 e. The third-order valence-electron chi connectivity index (χ3n) is 5.77. The highest BCUT2D eigenvalue weighted by molar-refractivity contribution is 7.17. The number of aromatic nitrogens is 1. The Kier molecular flexibility index (Phi) is 4.29. The van der Waals surface area contributed by atoms with Crippen LogP contribution in [-0.2, 0) is 6.54 Å². The highest BCUT2D eigenvalue weighted by Gasteiger charge is 2.32. The van der Waals surface area contributed by atoms with Gasteiger partial charge in [-0.15, -0.1) is 11.3 Å². The molecule has 1 aliphatic heterocycles. The van der Waals surface area contributed by atoms with E-state index in [4.69, 9.17) is 5.73 Å². The van der Waals surface area contributed by atoms with Crippen LogP contribution in [0.25, 0.3) is 21.3 Å². The molecule has 2 aliphatic rings.